The number of aliphatic imine (C=N–C) groups is 1. The molecule has 3 atom stereocenters. The minimum atomic E-state index is -0.301. The van der Waals surface area contributed by atoms with E-state index in [0.717, 1.165) is 12.8 Å². The molecule has 0 bridgehead atoms. The Bertz CT molecular complexity index is 389. The number of nitrogens with two attached hydrogens (primary N) is 1. The molecule has 5 nitrogen and oxygen atoms in total. The molecule has 0 aromatic carbocycles. The van der Waals surface area contributed by atoms with Crippen molar-refractivity contribution >= 4 is 12.2 Å². The fraction of sp³-hybridized carbons (Fsp3) is 0.750. The van der Waals surface area contributed by atoms with Gasteiger partial charge in [-0.3, -0.25) is 4.99 Å². The molecule has 2 N–H and O–H groups in total. The maximum absolute atomic E-state index is 11.9. The van der Waals surface area contributed by atoms with E-state index in [0.29, 0.717) is 18.6 Å². The molecule has 0 saturated carbocycles. The molecule has 0 unspecified atom stereocenters. The summed E-state index contributed by atoms with van der Waals surface area (Å²) in [6.45, 7) is 8.20. The average Bonchev–Trinajstić information content (AvgIpc) is 2.47. The van der Waals surface area contributed by atoms with Gasteiger partial charge in [0.05, 0.1) is 18.8 Å². The van der Waals surface area contributed by atoms with Crippen LogP contribution < -0.4 is 5.73 Å². The number of hydrogen-bond acceptors (Lipinski definition) is 5. The summed E-state index contributed by atoms with van der Waals surface area (Å²) >= 11 is 0. The molecule has 0 aromatic rings. The van der Waals surface area contributed by atoms with Gasteiger partial charge in [-0.15, -0.1) is 0 Å². The highest BCUT2D eigenvalue weighted by Gasteiger charge is 2.34. The molecular formula is C16H28N2O3. The van der Waals surface area contributed by atoms with E-state index in [-0.39, 0.29) is 30.3 Å². The number of carbonyl (C=O) groups excluding carboxylic acids is 1. The molecule has 0 spiro atoms. The van der Waals surface area contributed by atoms with E-state index in [4.69, 9.17) is 15.2 Å². The van der Waals surface area contributed by atoms with E-state index in [9.17, 15) is 4.79 Å². The lowest BCUT2D eigenvalue weighted by molar-refractivity contribution is -0.139. The van der Waals surface area contributed by atoms with Crippen molar-refractivity contribution in [3.8, 4) is 0 Å². The molecule has 0 fully saturated rings. The fourth-order valence-corrected chi connectivity index (χ4v) is 2.55. The van der Waals surface area contributed by atoms with Gasteiger partial charge in [0.2, 0.25) is 0 Å². The maximum atomic E-state index is 11.9. The van der Waals surface area contributed by atoms with Gasteiger partial charge in [0.1, 0.15) is 6.10 Å². The number of rotatable bonds is 7. The Labute approximate surface area is 127 Å². The van der Waals surface area contributed by atoms with Gasteiger partial charge in [-0.1, -0.05) is 13.8 Å². The highest BCUT2D eigenvalue weighted by atomic mass is 16.5. The predicted octanol–water partition coefficient (Wildman–Crippen LogP) is 2.24. The van der Waals surface area contributed by atoms with Crippen LogP contribution in [0.3, 0.4) is 0 Å². The van der Waals surface area contributed by atoms with E-state index in [1.54, 1.807) is 13.1 Å². The normalized spacial score (nSPS) is 26.2. The van der Waals surface area contributed by atoms with Crippen LogP contribution >= 0.6 is 0 Å². The van der Waals surface area contributed by atoms with Crippen LogP contribution in [-0.4, -0.2) is 43.1 Å². The van der Waals surface area contributed by atoms with Gasteiger partial charge < -0.3 is 15.2 Å². The highest BCUT2D eigenvalue weighted by Crippen LogP contribution is 2.25. The predicted molar refractivity (Wildman–Crippen MR) is 84.5 cm³/mol. The third-order valence-corrected chi connectivity index (χ3v) is 3.72. The third kappa shape index (κ3) is 4.93. The summed E-state index contributed by atoms with van der Waals surface area (Å²) in [5.74, 6) is -0.301. The lowest BCUT2D eigenvalue weighted by Gasteiger charge is -2.34. The standard InChI is InChI=1S/C16H28N2O3/c1-5-12(6-2)21-14-10-11(16(19)20-8-4)9-13(17)15(14)18-7-3/h7,10,12-15H,5-6,8-9,17H2,1-4H3/b18-7+/t13-,14+,15+/m0/s1. The third-order valence-electron chi connectivity index (χ3n) is 3.72. The molecule has 120 valence electrons. The van der Waals surface area contributed by atoms with Crippen LogP contribution in [-0.2, 0) is 14.3 Å². The number of nitrogens with zero attached hydrogens (tertiary/aromatic N) is 1. The van der Waals surface area contributed by atoms with Gasteiger partial charge in [0, 0.05) is 11.6 Å². The van der Waals surface area contributed by atoms with Gasteiger partial charge >= 0.3 is 5.97 Å². The minimum absolute atomic E-state index is 0.145. The van der Waals surface area contributed by atoms with Crippen LogP contribution in [0, 0.1) is 0 Å². The number of ether oxygens (including phenoxy) is 2. The Morgan fingerprint density at radius 2 is 2.14 bits per heavy atom. The summed E-state index contributed by atoms with van der Waals surface area (Å²) in [4.78, 5) is 16.4. The first-order valence-corrected chi connectivity index (χ1v) is 7.83. The van der Waals surface area contributed by atoms with Crippen molar-refractivity contribution in [3.05, 3.63) is 11.6 Å². The lowest BCUT2D eigenvalue weighted by Crippen LogP contribution is -2.47. The van der Waals surface area contributed by atoms with Crippen LogP contribution in [0.4, 0.5) is 0 Å². The van der Waals surface area contributed by atoms with Crippen LogP contribution in [0.5, 0.6) is 0 Å². The van der Waals surface area contributed by atoms with Crippen molar-refractivity contribution in [2.24, 2.45) is 10.7 Å². The Morgan fingerprint density at radius 1 is 1.48 bits per heavy atom. The Kier molecular flexibility index (Phi) is 7.61. The van der Waals surface area contributed by atoms with Crippen molar-refractivity contribution in [3.63, 3.8) is 0 Å². The van der Waals surface area contributed by atoms with Crippen LogP contribution in [0.25, 0.3) is 0 Å². The van der Waals surface area contributed by atoms with E-state index >= 15 is 0 Å². The van der Waals surface area contributed by atoms with E-state index in [2.05, 4.69) is 18.8 Å². The average molecular weight is 296 g/mol. The first-order chi connectivity index (χ1) is 10.1. The topological polar surface area (TPSA) is 73.9 Å². The van der Waals surface area contributed by atoms with Gasteiger partial charge in [0.15, 0.2) is 0 Å². The van der Waals surface area contributed by atoms with Gasteiger partial charge in [-0.05, 0) is 45.4 Å². The van der Waals surface area contributed by atoms with Crippen LogP contribution in [0.2, 0.25) is 0 Å². The molecular weight excluding hydrogens is 268 g/mol. The van der Waals surface area contributed by atoms with Crippen molar-refractivity contribution in [2.75, 3.05) is 6.61 Å². The van der Waals surface area contributed by atoms with E-state index in [1.165, 1.54) is 0 Å². The lowest BCUT2D eigenvalue weighted by atomic mass is 9.88. The quantitative estimate of drug-likeness (QED) is 0.577. The molecule has 0 saturated heterocycles. The molecule has 1 aliphatic rings. The second kappa shape index (κ2) is 8.95. The monoisotopic (exact) mass is 296 g/mol. The summed E-state index contributed by atoms with van der Waals surface area (Å²) in [5, 5.41) is 0. The maximum Gasteiger partial charge on any atom is 0.333 e. The number of esters is 1. The van der Waals surface area contributed by atoms with E-state index < -0.39 is 0 Å². The van der Waals surface area contributed by atoms with Crippen LogP contribution in [0.1, 0.15) is 47.0 Å². The zero-order valence-electron chi connectivity index (χ0n) is 13.5. The second-order valence-corrected chi connectivity index (χ2v) is 5.22. The molecule has 0 radical (unpaired) electrons. The van der Waals surface area contributed by atoms with E-state index in [1.807, 2.05) is 13.0 Å². The van der Waals surface area contributed by atoms with Crippen molar-refractivity contribution in [2.45, 2.75) is 71.2 Å². The molecule has 1 aliphatic carbocycles. The van der Waals surface area contributed by atoms with Crippen LogP contribution in [0.15, 0.2) is 16.6 Å². The minimum Gasteiger partial charge on any atom is -0.463 e. The summed E-state index contributed by atoms with van der Waals surface area (Å²) in [6, 6.07) is -0.376. The Morgan fingerprint density at radius 3 is 2.67 bits per heavy atom. The van der Waals surface area contributed by atoms with Crippen molar-refractivity contribution in [1.29, 1.82) is 0 Å². The summed E-state index contributed by atoms with van der Waals surface area (Å²) < 4.78 is 11.2. The first kappa shape index (κ1) is 17.9. The highest BCUT2D eigenvalue weighted by molar-refractivity contribution is 5.89. The Hall–Kier alpha value is -1.20. The summed E-state index contributed by atoms with van der Waals surface area (Å²) in [5.41, 5.74) is 6.80. The molecule has 0 amide bonds. The first-order valence-electron chi connectivity index (χ1n) is 7.83. The molecule has 0 aromatic heterocycles. The van der Waals surface area contributed by atoms with Crippen molar-refractivity contribution in [1.82, 2.24) is 0 Å². The summed E-state index contributed by atoms with van der Waals surface area (Å²) in [6.07, 6.45) is 5.79. The SMILES string of the molecule is C/C=N/[C@@H]1[C@@H](N)CC(C(=O)OCC)=C[C@H]1OC(CC)CC. The van der Waals surface area contributed by atoms with Gasteiger partial charge in [0.25, 0.3) is 0 Å². The molecule has 5 heteroatoms. The molecule has 0 aliphatic heterocycles. The number of hydrogen-bond donors (Lipinski definition) is 1. The Balaban J connectivity index is 2.97. The molecule has 0 heterocycles. The number of carbonyl (C=O) groups is 1. The zero-order chi connectivity index (χ0) is 15.8. The molecule has 21 heavy (non-hydrogen) atoms. The van der Waals surface area contributed by atoms with Gasteiger partial charge in [-0.2, -0.15) is 0 Å². The molecule has 1 rings (SSSR count). The van der Waals surface area contributed by atoms with Gasteiger partial charge in [-0.25, -0.2) is 4.79 Å². The second-order valence-electron chi connectivity index (χ2n) is 5.22. The smallest absolute Gasteiger partial charge is 0.333 e. The largest absolute Gasteiger partial charge is 0.463 e. The zero-order valence-corrected chi connectivity index (χ0v) is 13.5. The van der Waals surface area contributed by atoms with Crippen molar-refractivity contribution < 1.29 is 14.3 Å². The summed E-state index contributed by atoms with van der Waals surface area (Å²) in [7, 11) is 0. The fourth-order valence-electron chi connectivity index (χ4n) is 2.55.